The molecule has 2 rings (SSSR count). The summed E-state index contributed by atoms with van der Waals surface area (Å²) in [6.45, 7) is 5.35. The summed E-state index contributed by atoms with van der Waals surface area (Å²) in [5.41, 5.74) is 0. The second kappa shape index (κ2) is 6.18. The first kappa shape index (κ1) is 16.0. The molecule has 2 fully saturated rings. The summed E-state index contributed by atoms with van der Waals surface area (Å²) in [6.07, 6.45) is -0.345. The Bertz CT molecular complexity index is 322. The van der Waals surface area contributed by atoms with Crippen molar-refractivity contribution in [3.05, 3.63) is 0 Å². The van der Waals surface area contributed by atoms with E-state index in [-0.39, 0.29) is 18.0 Å². The topological polar surface area (TPSA) is 6.48 Å². The van der Waals surface area contributed by atoms with Crippen LogP contribution in [0.4, 0.5) is 17.6 Å². The minimum Gasteiger partial charge on any atom is -0.298 e. The Morgan fingerprint density at radius 1 is 1.15 bits per heavy atom. The van der Waals surface area contributed by atoms with Crippen LogP contribution < -0.4 is 0 Å². The molecule has 2 unspecified atom stereocenters. The van der Waals surface area contributed by atoms with Crippen molar-refractivity contribution in [2.75, 3.05) is 26.2 Å². The molecule has 0 N–H and O–H groups in total. The van der Waals surface area contributed by atoms with Gasteiger partial charge in [-0.25, -0.2) is 8.78 Å². The number of rotatable bonds is 4. The normalized spacial score (nSPS) is 30.0. The predicted octanol–water partition coefficient (Wildman–Crippen LogP) is 3.08. The van der Waals surface area contributed by atoms with E-state index in [1.165, 1.54) is 0 Å². The van der Waals surface area contributed by atoms with E-state index in [4.69, 9.17) is 0 Å². The molecule has 0 bridgehead atoms. The van der Waals surface area contributed by atoms with E-state index in [1.807, 2.05) is 13.8 Å². The van der Waals surface area contributed by atoms with Crippen molar-refractivity contribution in [2.24, 2.45) is 5.92 Å². The first-order chi connectivity index (χ1) is 9.31. The number of hydrogen-bond donors (Lipinski definition) is 0. The number of halogens is 4. The van der Waals surface area contributed by atoms with Crippen molar-refractivity contribution in [3.8, 4) is 0 Å². The summed E-state index contributed by atoms with van der Waals surface area (Å²) < 4.78 is 51.7. The molecule has 0 spiro atoms. The highest BCUT2D eigenvalue weighted by Crippen LogP contribution is 2.31. The average molecular weight is 296 g/mol. The molecule has 2 aliphatic heterocycles. The lowest BCUT2D eigenvalue weighted by Crippen LogP contribution is -2.63. The Hall–Kier alpha value is -0.360. The highest BCUT2D eigenvalue weighted by Gasteiger charge is 2.46. The molecule has 2 atom stereocenters. The summed E-state index contributed by atoms with van der Waals surface area (Å²) >= 11 is 0. The Kier molecular flexibility index (Phi) is 4.95. The minimum absolute atomic E-state index is 0.0611. The zero-order valence-electron chi connectivity index (χ0n) is 12.2. The molecule has 20 heavy (non-hydrogen) atoms. The number of fused-ring (bicyclic) bond motifs is 1. The zero-order valence-corrected chi connectivity index (χ0v) is 12.2. The van der Waals surface area contributed by atoms with Crippen LogP contribution in [0.5, 0.6) is 0 Å². The van der Waals surface area contributed by atoms with E-state index in [1.54, 1.807) is 4.90 Å². The van der Waals surface area contributed by atoms with Crippen LogP contribution in [-0.4, -0.2) is 60.4 Å². The first-order valence-corrected chi connectivity index (χ1v) is 7.45. The largest absolute Gasteiger partial charge is 0.319 e. The highest BCUT2D eigenvalue weighted by atomic mass is 19.3. The maximum absolute atomic E-state index is 13.4. The van der Waals surface area contributed by atoms with Crippen LogP contribution in [0, 0.1) is 5.92 Å². The maximum atomic E-state index is 13.4. The van der Waals surface area contributed by atoms with Crippen LogP contribution in [-0.2, 0) is 0 Å². The van der Waals surface area contributed by atoms with Gasteiger partial charge in [-0.05, 0) is 25.3 Å². The molecule has 2 aliphatic rings. The summed E-state index contributed by atoms with van der Waals surface area (Å²) in [5, 5.41) is 0. The summed E-state index contributed by atoms with van der Waals surface area (Å²) in [6, 6.07) is 0.196. The predicted molar refractivity (Wildman–Crippen MR) is 70.4 cm³/mol. The third-order valence-electron chi connectivity index (χ3n) is 4.59. The van der Waals surface area contributed by atoms with E-state index >= 15 is 0 Å². The Morgan fingerprint density at radius 3 is 2.45 bits per heavy atom. The minimum atomic E-state index is -3.91. The average Bonchev–Trinajstić information content (AvgIpc) is 2.37. The van der Waals surface area contributed by atoms with Crippen molar-refractivity contribution in [1.29, 1.82) is 0 Å². The molecular formula is C14H24F4N2. The van der Waals surface area contributed by atoms with Gasteiger partial charge >= 0.3 is 12.3 Å². The van der Waals surface area contributed by atoms with Gasteiger partial charge in [0.1, 0.15) is 0 Å². The number of piperazine rings is 1. The standard InChI is InChI=1S/C14H24F4N2/c1-10(2)12-8-19-6-4-3-5-11(19)7-20(12)9-14(17,18)13(15)16/h10-13H,3-9H2,1-2H3. The van der Waals surface area contributed by atoms with Gasteiger partial charge in [0.25, 0.3) is 0 Å². The van der Waals surface area contributed by atoms with Crippen molar-refractivity contribution in [3.63, 3.8) is 0 Å². The fourth-order valence-electron chi connectivity index (χ4n) is 3.42. The number of hydrogen-bond acceptors (Lipinski definition) is 2. The lowest BCUT2D eigenvalue weighted by Gasteiger charge is -2.50. The van der Waals surface area contributed by atoms with Gasteiger partial charge in [0, 0.05) is 25.2 Å². The van der Waals surface area contributed by atoms with E-state index < -0.39 is 18.9 Å². The van der Waals surface area contributed by atoms with Crippen LogP contribution >= 0.6 is 0 Å². The summed E-state index contributed by atoms with van der Waals surface area (Å²) in [5.74, 6) is -3.73. The molecule has 0 aromatic rings. The lowest BCUT2D eigenvalue weighted by molar-refractivity contribution is -0.157. The van der Waals surface area contributed by atoms with Crippen LogP contribution in [0.25, 0.3) is 0 Å². The van der Waals surface area contributed by atoms with E-state index in [0.717, 1.165) is 32.4 Å². The van der Waals surface area contributed by atoms with Crippen molar-refractivity contribution < 1.29 is 17.6 Å². The van der Waals surface area contributed by atoms with E-state index in [0.29, 0.717) is 6.54 Å². The molecule has 0 radical (unpaired) electrons. The van der Waals surface area contributed by atoms with Gasteiger partial charge in [0.2, 0.25) is 0 Å². The summed E-state index contributed by atoms with van der Waals surface area (Å²) in [7, 11) is 0. The Labute approximate surface area is 118 Å². The molecular weight excluding hydrogens is 272 g/mol. The molecule has 2 saturated heterocycles. The van der Waals surface area contributed by atoms with Gasteiger partial charge in [-0.15, -0.1) is 0 Å². The maximum Gasteiger partial charge on any atom is 0.319 e. The first-order valence-electron chi connectivity index (χ1n) is 7.45. The second-order valence-electron chi connectivity index (χ2n) is 6.45. The van der Waals surface area contributed by atoms with Crippen molar-refractivity contribution in [1.82, 2.24) is 9.80 Å². The molecule has 0 aromatic heterocycles. The van der Waals surface area contributed by atoms with Gasteiger partial charge in [0.05, 0.1) is 6.54 Å². The number of alkyl halides is 4. The molecule has 2 heterocycles. The molecule has 0 amide bonds. The molecule has 0 saturated carbocycles. The Morgan fingerprint density at radius 2 is 1.85 bits per heavy atom. The second-order valence-corrected chi connectivity index (χ2v) is 6.45. The highest BCUT2D eigenvalue weighted by molar-refractivity contribution is 4.93. The van der Waals surface area contributed by atoms with Gasteiger partial charge in [-0.2, -0.15) is 8.78 Å². The third-order valence-corrected chi connectivity index (χ3v) is 4.59. The molecule has 6 heteroatoms. The van der Waals surface area contributed by atoms with Crippen molar-refractivity contribution >= 4 is 0 Å². The van der Waals surface area contributed by atoms with Crippen LogP contribution in [0.1, 0.15) is 33.1 Å². The van der Waals surface area contributed by atoms with Crippen molar-refractivity contribution in [2.45, 2.75) is 57.5 Å². The van der Waals surface area contributed by atoms with E-state index in [2.05, 4.69) is 4.90 Å². The fraction of sp³-hybridized carbons (Fsp3) is 1.00. The smallest absolute Gasteiger partial charge is 0.298 e. The third kappa shape index (κ3) is 3.45. The molecule has 2 nitrogen and oxygen atoms in total. The van der Waals surface area contributed by atoms with Crippen LogP contribution in [0.2, 0.25) is 0 Å². The Balaban J connectivity index is 2.08. The molecule has 0 aromatic carbocycles. The zero-order chi connectivity index (χ0) is 14.9. The quantitative estimate of drug-likeness (QED) is 0.736. The molecule has 118 valence electrons. The van der Waals surface area contributed by atoms with Crippen LogP contribution in [0.15, 0.2) is 0 Å². The fourth-order valence-corrected chi connectivity index (χ4v) is 3.42. The van der Waals surface area contributed by atoms with Gasteiger partial charge in [-0.3, -0.25) is 9.80 Å². The van der Waals surface area contributed by atoms with Gasteiger partial charge in [-0.1, -0.05) is 20.3 Å². The molecule has 0 aliphatic carbocycles. The number of nitrogens with zero attached hydrogens (tertiary/aromatic N) is 2. The lowest BCUT2D eigenvalue weighted by atomic mass is 9.92. The van der Waals surface area contributed by atoms with Gasteiger partial charge < -0.3 is 0 Å². The SMILES string of the molecule is CC(C)C1CN2CCCCC2CN1CC(F)(F)C(F)F. The summed E-state index contributed by atoms with van der Waals surface area (Å²) in [4.78, 5) is 3.95. The number of piperidine rings is 1. The van der Waals surface area contributed by atoms with Gasteiger partial charge in [0.15, 0.2) is 0 Å². The van der Waals surface area contributed by atoms with E-state index in [9.17, 15) is 17.6 Å². The van der Waals surface area contributed by atoms with Crippen LogP contribution in [0.3, 0.4) is 0 Å². The monoisotopic (exact) mass is 296 g/mol.